The van der Waals surface area contributed by atoms with Crippen LogP contribution in [-0.2, 0) is 4.79 Å². The Bertz CT molecular complexity index is 649. The van der Waals surface area contributed by atoms with Gasteiger partial charge in [0.1, 0.15) is 0 Å². The Morgan fingerprint density at radius 3 is 2.42 bits per heavy atom. The molecule has 3 rings (SSSR count). The van der Waals surface area contributed by atoms with E-state index < -0.39 is 0 Å². The van der Waals surface area contributed by atoms with Gasteiger partial charge in [0.05, 0.1) is 6.54 Å². The van der Waals surface area contributed by atoms with Gasteiger partial charge in [-0.15, -0.1) is 0 Å². The highest BCUT2D eigenvalue weighted by molar-refractivity contribution is 7.97. The van der Waals surface area contributed by atoms with Crippen LogP contribution in [0.15, 0.2) is 23.1 Å². The number of carbonyl (C=O) groups is 1. The second kappa shape index (κ2) is 7.88. The van der Waals surface area contributed by atoms with E-state index in [0.29, 0.717) is 28.0 Å². The zero-order chi connectivity index (χ0) is 18.9. The topological polar surface area (TPSA) is 44.4 Å². The first-order valence-corrected chi connectivity index (χ1v) is 10.6. The first-order valence-electron chi connectivity index (χ1n) is 9.07. The smallest absolute Gasteiger partial charge is 0.234 e. The number of piperidine rings is 1. The molecule has 1 unspecified atom stereocenters. The van der Waals surface area contributed by atoms with Crippen LogP contribution in [0.25, 0.3) is 0 Å². The van der Waals surface area contributed by atoms with Crippen molar-refractivity contribution in [3.05, 3.63) is 28.2 Å². The maximum Gasteiger partial charge on any atom is 0.234 e. The molecule has 2 N–H and O–H groups in total. The largest absolute Gasteiger partial charge is 0.350 e. The number of hydrogen-bond acceptors (Lipinski definition) is 4. The molecule has 2 fully saturated rings. The molecule has 1 saturated heterocycles. The molecule has 0 aromatic heterocycles. The molecule has 1 amide bonds. The lowest BCUT2D eigenvalue weighted by Crippen LogP contribution is -2.48. The maximum atomic E-state index is 12.1. The average Bonchev–Trinajstić information content (AvgIpc) is 3.17. The summed E-state index contributed by atoms with van der Waals surface area (Å²) in [6.07, 6.45) is 3.49. The Morgan fingerprint density at radius 2 is 1.85 bits per heavy atom. The van der Waals surface area contributed by atoms with Gasteiger partial charge < -0.3 is 5.32 Å². The van der Waals surface area contributed by atoms with Crippen LogP contribution in [0.3, 0.4) is 0 Å². The molecule has 1 aromatic rings. The van der Waals surface area contributed by atoms with Crippen molar-refractivity contribution in [1.29, 1.82) is 0 Å². The van der Waals surface area contributed by atoms with Crippen molar-refractivity contribution >= 4 is 41.1 Å². The molecular formula is C19H27Cl2N3OS. The zero-order valence-corrected chi connectivity index (χ0v) is 17.9. The zero-order valence-electron chi connectivity index (χ0n) is 15.6. The minimum absolute atomic E-state index is 0.118. The van der Waals surface area contributed by atoms with E-state index in [-0.39, 0.29) is 11.4 Å². The lowest BCUT2D eigenvalue weighted by atomic mass is 9.93. The van der Waals surface area contributed by atoms with E-state index in [1.807, 2.05) is 32.9 Å². The Balaban J connectivity index is 1.42. The van der Waals surface area contributed by atoms with Crippen LogP contribution in [0.2, 0.25) is 10.0 Å². The standard InChI is InChI=1S/C19H27Cl2N3OS/c1-18(2,3)22-17(25)12-24-6-4-19(5-7-24)11-16(19)23-26-15-9-13(20)8-14(21)10-15/h8-10,16,23H,4-7,11-12H2,1-3H3,(H,22,25). The molecule has 1 heterocycles. The third-order valence-electron chi connectivity index (χ3n) is 5.08. The van der Waals surface area contributed by atoms with Gasteiger partial charge in [0.25, 0.3) is 0 Å². The number of halogens is 2. The third-order valence-corrected chi connectivity index (χ3v) is 6.39. The van der Waals surface area contributed by atoms with Gasteiger partial charge in [-0.05, 0) is 88.7 Å². The molecule has 26 heavy (non-hydrogen) atoms. The molecule has 1 atom stereocenters. The number of nitrogens with zero attached hydrogens (tertiary/aromatic N) is 1. The summed E-state index contributed by atoms with van der Waals surface area (Å²) in [5.41, 5.74) is 0.229. The highest BCUT2D eigenvalue weighted by Crippen LogP contribution is 2.54. The van der Waals surface area contributed by atoms with Gasteiger partial charge >= 0.3 is 0 Å². The number of nitrogens with one attached hydrogen (secondary N) is 2. The van der Waals surface area contributed by atoms with Crippen LogP contribution in [-0.4, -0.2) is 42.0 Å². The molecule has 2 aliphatic rings. The van der Waals surface area contributed by atoms with E-state index in [0.717, 1.165) is 30.8 Å². The van der Waals surface area contributed by atoms with Gasteiger partial charge in [0.15, 0.2) is 0 Å². The Labute approximate surface area is 170 Å². The SMILES string of the molecule is CC(C)(C)NC(=O)CN1CCC2(CC1)CC2NSc1cc(Cl)cc(Cl)c1. The van der Waals surface area contributed by atoms with Crippen LogP contribution in [0, 0.1) is 5.41 Å². The number of hydrogen-bond donors (Lipinski definition) is 2. The molecule has 1 aromatic carbocycles. The van der Waals surface area contributed by atoms with Gasteiger partial charge in [0.2, 0.25) is 5.91 Å². The normalized spacial score (nSPS) is 22.4. The summed E-state index contributed by atoms with van der Waals surface area (Å²) in [4.78, 5) is 15.4. The molecule has 0 radical (unpaired) electrons. The number of carbonyl (C=O) groups excluding carboxylic acids is 1. The van der Waals surface area contributed by atoms with Gasteiger partial charge in [-0.1, -0.05) is 23.2 Å². The van der Waals surface area contributed by atoms with Crippen LogP contribution < -0.4 is 10.0 Å². The van der Waals surface area contributed by atoms with Crippen molar-refractivity contribution in [1.82, 2.24) is 14.9 Å². The molecule has 1 spiro atoms. The van der Waals surface area contributed by atoms with E-state index in [1.165, 1.54) is 6.42 Å². The van der Waals surface area contributed by atoms with Crippen LogP contribution >= 0.6 is 35.1 Å². The summed E-state index contributed by atoms with van der Waals surface area (Å²) in [7, 11) is 0. The molecule has 1 aliphatic heterocycles. The maximum absolute atomic E-state index is 12.1. The van der Waals surface area contributed by atoms with E-state index >= 15 is 0 Å². The number of rotatable bonds is 5. The fourth-order valence-electron chi connectivity index (χ4n) is 3.61. The highest BCUT2D eigenvalue weighted by Gasteiger charge is 2.54. The summed E-state index contributed by atoms with van der Waals surface area (Å²) >= 11 is 13.7. The van der Waals surface area contributed by atoms with Crippen molar-refractivity contribution in [3.8, 4) is 0 Å². The second-order valence-electron chi connectivity index (χ2n) is 8.52. The summed E-state index contributed by atoms with van der Waals surface area (Å²) in [6, 6.07) is 6.13. The fourth-order valence-corrected chi connectivity index (χ4v) is 5.25. The van der Waals surface area contributed by atoms with Crippen molar-refractivity contribution < 1.29 is 4.79 Å². The fraction of sp³-hybridized carbons (Fsp3) is 0.632. The molecule has 1 saturated carbocycles. The number of benzene rings is 1. The lowest BCUT2D eigenvalue weighted by molar-refractivity contribution is -0.124. The van der Waals surface area contributed by atoms with Crippen LogP contribution in [0.4, 0.5) is 0 Å². The average molecular weight is 416 g/mol. The van der Waals surface area contributed by atoms with E-state index in [1.54, 1.807) is 18.0 Å². The summed E-state index contributed by atoms with van der Waals surface area (Å²) in [5, 5.41) is 4.36. The quantitative estimate of drug-likeness (QED) is 0.701. The Kier molecular flexibility index (Phi) is 6.15. The monoisotopic (exact) mass is 415 g/mol. The molecule has 7 heteroatoms. The third kappa shape index (κ3) is 5.52. The molecule has 1 aliphatic carbocycles. The number of amides is 1. The van der Waals surface area contributed by atoms with Gasteiger partial charge in [-0.25, -0.2) is 0 Å². The minimum Gasteiger partial charge on any atom is -0.350 e. The molecule has 4 nitrogen and oxygen atoms in total. The van der Waals surface area contributed by atoms with Gasteiger partial charge in [-0.3, -0.25) is 14.4 Å². The van der Waals surface area contributed by atoms with Crippen molar-refractivity contribution in [2.75, 3.05) is 19.6 Å². The van der Waals surface area contributed by atoms with Crippen molar-refractivity contribution in [2.24, 2.45) is 5.41 Å². The second-order valence-corrected chi connectivity index (χ2v) is 10.3. The molecule has 0 bridgehead atoms. The van der Waals surface area contributed by atoms with E-state index in [9.17, 15) is 4.79 Å². The van der Waals surface area contributed by atoms with Crippen LogP contribution in [0.5, 0.6) is 0 Å². The van der Waals surface area contributed by atoms with Gasteiger partial charge in [0, 0.05) is 26.5 Å². The molecule has 144 valence electrons. The van der Waals surface area contributed by atoms with E-state index in [4.69, 9.17) is 23.2 Å². The van der Waals surface area contributed by atoms with E-state index in [2.05, 4.69) is 14.9 Å². The summed E-state index contributed by atoms with van der Waals surface area (Å²) in [5.74, 6) is 0.118. The molecular weight excluding hydrogens is 389 g/mol. The minimum atomic E-state index is -0.167. The first-order chi connectivity index (χ1) is 12.2. The predicted octanol–water partition coefficient (Wildman–Crippen LogP) is 4.36. The summed E-state index contributed by atoms with van der Waals surface area (Å²) in [6.45, 7) is 8.53. The summed E-state index contributed by atoms with van der Waals surface area (Å²) < 4.78 is 3.58. The van der Waals surface area contributed by atoms with Gasteiger partial charge in [-0.2, -0.15) is 0 Å². The number of likely N-dealkylation sites (tertiary alicyclic amines) is 1. The first kappa shape index (κ1) is 20.3. The highest BCUT2D eigenvalue weighted by atomic mass is 35.5. The predicted molar refractivity (Wildman–Crippen MR) is 110 cm³/mol. The Morgan fingerprint density at radius 1 is 1.23 bits per heavy atom. The van der Waals surface area contributed by atoms with Crippen LogP contribution in [0.1, 0.15) is 40.0 Å². The van der Waals surface area contributed by atoms with Crippen molar-refractivity contribution in [2.45, 2.75) is 56.5 Å². The Hall–Kier alpha value is -0.460. The van der Waals surface area contributed by atoms with Crippen molar-refractivity contribution in [3.63, 3.8) is 0 Å². The lowest BCUT2D eigenvalue weighted by Gasteiger charge is -2.33.